The third-order valence-corrected chi connectivity index (χ3v) is 5.07. The van der Waals surface area contributed by atoms with Gasteiger partial charge in [-0.25, -0.2) is 9.89 Å². The van der Waals surface area contributed by atoms with Crippen LogP contribution in [0.5, 0.6) is 0 Å². The molecule has 2 aromatic carbocycles. The molecule has 0 radical (unpaired) electrons. The van der Waals surface area contributed by atoms with E-state index in [-0.39, 0.29) is 5.56 Å². The number of hydrogen-bond donors (Lipinski definition) is 3. The van der Waals surface area contributed by atoms with Crippen molar-refractivity contribution in [1.29, 1.82) is 0 Å². The van der Waals surface area contributed by atoms with Crippen molar-refractivity contribution >= 4 is 38.4 Å². The minimum atomic E-state index is -0.549. The van der Waals surface area contributed by atoms with E-state index in [9.17, 15) is 9.59 Å². The van der Waals surface area contributed by atoms with E-state index in [1.165, 1.54) is 19.3 Å². The summed E-state index contributed by atoms with van der Waals surface area (Å²) >= 11 is 3.27. The highest BCUT2D eigenvalue weighted by Crippen LogP contribution is 2.25. The molecule has 0 saturated heterocycles. The number of fused-ring (bicyclic) bond motifs is 1. The number of benzene rings is 2. The summed E-state index contributed by atoms with van der Waals surface area (Å²) in [6.07, 6.45) is 4.82. The van der Waals surface area contributed by atoms with Crippen LogP contribution < -0.4 is 16.6 Å². The zero-order valence-corrected chi connectivity index (χ0v) is 18.3. The summed E-state index contributed by atoms with van der Waals surface area (Å²) in [6.45, 7) is 4.39. The fourth-order valence-electron chi connectivity index (χ4n) is 3.02. The molecule has 1 atom stereocenters. The van der Waals surface area contributed by atoms with Gasteiger partial charge in [-0.1, -0.05) is 67.2 Å². The smallest absolute Gasteiger partial charge is 0.316 e. The van der Waals surface area contributed by atoms with E-state index in [1.54, 1.807) is 12.1 Å². The average Bonchev–Trinajstić information content (AvgIpc) is 2.70. The lowest BCUT2D eigenvalue weighted by Gasteiger charge is -2.12. The molecular weight excluding hydrogens is 432 g/mol. The summed E-state index contributed by atoms with van der Waals surface area (Å²) in [5.74, 6) is 0.387. The SMILES string of the molecule is CCCCC[C@H](C)c1n[nH]c(=O)c2ccccc12.NC(=O)Nc1ccc(Br)cc1. The number of aromatic amines is 1. The van der Waals surface area contributed by atoms with Gasteiger partial charge < -0.3 is 11.1 Å². The van der Waals surface area contributed by atoms with E-state index in [4.69, 9.17) is 5.73 Å². The van der Waals surface area contributed by atoms with E-state index in [1.807, 2.05) is 36.4 Å². The first-order chi connectivity index (χ1) is 13.9. The second-order valence-corrected chi connectivity index (χ2v) is 7.79. The molecule has 7 heteroatoms. The molecule has 1 aromatic heterocycles. The average molecular weight is 459 g/mol. The number of primary amides is 1. The molecule has 29 heavy (non-hydrogen) atoms. The van der Waals surface area contributed by atoms with Gasteiger partial charge in [-0.2, -0.15) is 5.10 Å². The molecule has 3 rings (SSSR count). The van der Waals surface area contributed by atoms with Crippen LogP contribution in [0, 0.1) is 0 Å². The van der Waals surface area contributed by atoms with Crippen LogP contribution in [-0.2, 0) is 0 Å². The Balaban J connectivity index is 0.000000234. The number of urea groups is 1. The third kappa shape index (κ3) is 7.02. The number of carbonyl (C=O) groups is 1. The molecular formula is C22H27BrN4O2. The summed E-state index contributed by atoms with van der Waals surface area (Å²) < 4.78 is 0.965. The van der Waals surface area contributed by atoms with E-state index >= 15 is 0 Å². The van der Waals surface area contributed by atoms with Crippen molar-refractivity contribution < 1.29 is 4.79 Å². The predicted octanol–water partition coefficient (Wildman–Crippen LogP) is 5.55. The summed E-state index contributed by atoms with van der Waals surface area (Å²) in [5, 5.41) is 11.0. The maximum Gasteiger partial charge on any atom is 0.316 e. The number of aromatic nitrogens is 2. The number of nitrogens with two attached hydrogens (primary N) is 1. The zero-order valence-electron chi connectivity index (χ0n) is 16.7. The number of hydrogen-bond acceptors (Lipinski definition) is 3. The Morgan fingerprint density at radius 1 is 1.14 bits per heavy atom. The Morgan fingerprint density at radius 2 is 1.79 bits per heavy atom. The number of H-pyrrole nitrogens is 1. The zero-order chi connectivity index (χ0) is 21.2. The molecule has 0 spiro atoms. The first kappa shape index (κ1) is 22.6. The number of halogens is 1. The van der Waals surface area contributed by atoms with Crippen LogP contribution in [0.4, 0.5) is 10.5 Å². The van der Waals surface area contributed by atoms with Crippen molar-refractivity contribution in [2.24, 2.45) is 5.73 Å². The van der Waals surface area contributed by atoms with Gasteiger partial charge in [0.25, 0.3) is 5.56 Å². The molecule has 154 valence electrons. The summed E-state index contributed by atoms with van der Waals surface area (Å²) in [4.78, 5) is 22.0. The maximum atomic E-state index is 11.7. The fourth-order valence-corrected chi connectivity index (χ4v) is 3.29. The van der Waals surface area contributed by atoms with Crippen LogP contribution in [-0.4, -0.2) is 16.2 Å². The van der Waals surface area contributed by atoms with Gasteiger partial charge in [-0.15, -0.1) is 0 Å². The Bertz CT molecular complexity index is 986. The second-order valence-electron chi connectivity index (χ2n) is 6.88. The highest BCUT2D eigenvalue weighted by molar-refractivity contribution is 9.10. The van der Waals surface area contributed by atoms with Crippen molar-refractivity contribution in [1.82, 2.24) is 10.2 Å². The van der Waals surface area contributed by atoms with Gasteiger partial charge >= 0.3 is 6.03 Å². The lowest BCUT2D eigenvalue weighted by molar-refractivity contribution is 0.259. The molecule has 0 saturated carbocycles. The van der Waals surface area contributed by atoms with Gasteiger partial charge in [0.1, 0.15) is 0 Å². The first-order valence-electron chi connectivity index (χ1n) is 9.71. The molecule has 4 N–H and O–H groups in total. The second kappa shape index (κ2) is 11.4. The number of nitrogens with zero attached hydrogens (tertiary/aromatic N) is 1. The van der Waals surface area contributed by atoms with Crippen molar-refractivity contribution in [3.8, 4) is 0 Å². The Hall–Kier alpha value is -2.67. The quantitative estimate of drug-likeness (QED) is 0.422. The van der Waals surface area contributed by atoms with Crippen LogP contribution in [0.2, 0.25) is 0 Å². The summed E-state index contributed by atoms with van der Waals surface area (Å²) in [7, 11) is 0. The minimum Gasteiger partial charge on any atom is -0.351 e. The molecule has 2 amide bonds. The van der Waals surface area contributed by atoms with Crippen molar-refractivity contribution in [3.05, 3.63) is 69.1 Å². The van der Waals surface area contributed by atoms with Crippen LogP contribution in [0.1, 0.15) is 51.1 Å². The van der Waals surface area contributed by atoms with Gasteiger partial charge in [0.15, 0.2) is 0 Å². The molecule has 0 aliphatic carbocycles. The van der Waals surface area contributed by atoms with E-state index < -0.39 is 6.03 Å². The third-order valence-electron chi connectivity index (χ3n) is 4.54. The van der Waals surface area contributed by atoms with Crippen molar-refractivity contribution in [3.63, 3.8) is 0 Å². The van der Waals surface area contributed by atoms with Gasteiger partial charge in [0.2, 0.25) is 0 Å². The van der Waals surface area contributed by atoms with Crippen LogP contribution in [0.25, 0.3) is 10.8 Å². The fraction of sp³-hybridized carbons (Fsp3) is 0.318. The van der Waals surface area contributed by atoms with Gasteiger partial charge in [0, 0.05) is 21.5 Å². The number of anilines is 1. The lowest BCUT2D eigenvalue weighted by Crippen LogP contribution is -2.18. The van der Waals surface area contributed by atoms with Crippen LogP contribution in [0.3, 0.4) is 0 Å². The standard InChI is InChI=1S/C15H20N2O.C7H7BrN2O/c1-3-4-5-8-11(2)14-12-9-6-7-10-13(12)15(18)17-16-14;8-5-1-3-6(4-2-5)10-7(9)11/h6-7,9-11H,3-5,8H2,1-2H3,(H,17,18);1-4H,(H3,9,10,11)/t11-;/m0./s1. The lowest BCUT2D eigenvalue weighted by atomic mass is 9.96. The Kier molecular flexibility index (Phi) is 8.86. The van der Waals surface area contributed by atoms with E-state index in [2.05, 4.69) is 45.3 Å². The molecule has 0 aliphatic rings. The number of unbranched alkanes of at least 4 members (excludes halogenated alkanes) is 2. The number of rotatable bonds is 6. The number of amides is 2. The van der Waals surface area contributed by atoms with Gasteiger partial charge in [-0.3, -0.25) is 4.79 Å². The van der Waals surface area contributed by atoms with E-state index in [0.717, 1.165) is 27.4 Å². The summed E-state index contributed by atoms with van der Waals surface area (Å²) in [6, 6.07) is 14.3. The Morgan fingerprint density at radius 3 is 2.41 bits per heavy atom. The van der Waals surface area contributed by atoms with Gasteiger partial charge in [0.05, 0.1) is 11.1 Å². The largest absolute Gasteiger partial charge is 0.351 e. The van der Waals surface area contributed by atoms with Crippen LogP contribution >= 0.6 is 15.9 Å². The van der Waals surface area contributed by atoms with E-state index in [0.29, 0.717) is 11.6 Å². The molecule has 1 heterocycles. The normalized spacial score (nSPS) is 11.4. The molecule has 3 aromatic rings. The highest BCUT2D eigenvalue weighted by Gasteiger charge is 2.12. The molecule has 0 fully saturated rings. The van der Waals surface area contributed by atoms with Crippen LogP contribution in [0.15, 0.2) is 57.8 Å². The summed E-state index contributed by atoms with van der Waals surface area (Å²) in [5.41, 5.74) is 6.51. The monoisotopic (exact) mass is 458 g/mol. The molecule has 0 bridgehead atoms. The van der Waals surface area contributed by atoms with Crippen molar-refractivity contribution in [2.75, 3.05) is 5.32 Å². The molecule has 6 nitrogen and oxygen atoms in total. The number of nitrogens with one attached hydrogen (secondary N) is 2. The van der Waals surface area contributed by atoms with Gasteiger partial charge in [-0.05, 0) is 36.8 Å². The highest BCUT2D eigenvalue weighted by atomic mass is 79.9. The number of carbonyl (C=O) groups excluding carboxylic acids is 1. The first-order valence-corrected chi connectivity index (χ1v) is 10.5. The molecule has 0 unspecified atom stereocenters. The van der Waals surface area contributed by atoms with Crippen molar-refractivity contribution in [2.45, 2.75) is 45.4 Å². The minimum absolute atomic E-state index is 0.102. The maximum absolute atomic E-state index is 11.7. The predicted molar refractivity (Wildman–Crippen MR) is 122 cm³/mol. The molecule has 0 aliphatic heterocycles. The Labute approximate surface area is 179 Å². The topological polar surface area (TPSA) is 101 Å².